The molecule has 3 rings (SSSR count). The Morgan fingerprint density at radius 2 is 1.86 bits per heavy atom. The van der Waals surface area contributed by atoms with Gasteiger partial charge in [-0.15, -0.1) is 24.0 Å². The predicted octanol–water partition coefficient (Wildman–Crippen LogP) is 3.63. The first-order chi connectivity index (χ1) is 13.1. The van der Waals surface area contributed by atoms with Gasteiger partial charge >= 0.3 is 0 Å². The number of nitrogens with zero attached hydrogens (tertiary/aromatic N) is 3. The van der Waals surface area contributed by atoms with Crippen molar-refractivity contribution >= 4 is 41.0 Å². The Hall–Kier alpha value is -2.29. The van der Waals surface area contributed by atoms with Crippen LogP contribution in [0.25, 0.3) is 11.0 Å². The molecule has 2 aromatic carbocycles. The van der Waals surface area contributed by atoms with Crippen molar-refractivity contribution in [1.82, 2.24) is 20.2 Å². The number of nitrogens with one attached hydrogen (secondary N) is 2. The smallest absolute Gasteiger partial charge is 0.191 e. The number of aryl methyl sites for hydroxylation is 2. The van der Waals surface area contributed by atoms with Crippen molar-refractivity contribution in [3.63, 3.8) is 0 Å². The van der Waals surface area contributed by atoms with Crippen molar-refractivity contribution in [3.05, 3.63) is 59.9 Å². The molecule has 0 aliphatic rings. The van der Waals surface area contributed by atoms with Gasteiger partial charge in [0.15, 0.2) is 5.96 Å². The van der Waals surface area contributed by atoms with Gasteiger partial charge in [0, 0.05) is 14.1 Å². The van der Waals surface area contributed by atoms with Gasteiger partial charge in [-0.05, 0) is 37.6 Å². The Labute approximate surface area is 183 Å². The molecule has 3 aromatic rings. The molecule has 0 fully saturated rings. The van der Waals surface area contributed by atoms with Crippen LogP contribution in [-0.2, 0) is 13.6 Å². The van der Waals surface area contributed by atoms with Crippen molar-refractivity contribution in [2.45, 2.75) is 26.5 Å². The van der Waals surface area contributed by atoms with Crippen LogP contribution in [0, 0.1) is 6.92 Å². The minimum atomic E-state index is 0. The van der Waals surface area contributed by atoms with E-state index >= 15 is 0 Å². The lowest BCUT2D eigenvalue weighted by Crippen LogP contribution is -2.41. The quantitative estimate of drug-likeness (QED) is 0.313. The molecule has 0 bridgehead atoms. The van der Waals surface area contributed by atoms with Crippen LogP contribution in [0.15, 0.2) is 53.5 Å². The van der Waals surface area contributed by atoms with Crippen LogP contribution in [0.1, 0.15) is 18.3 Å². The first-order valence-corrected chi connectivity index (χ1v) is 9.15. The maximum absolute atomic E-state index is 6.00. The third kappa shape index (κ3) is 5.37. The lowest BCUT2D eigenvalue weighted by Gasteiger charge is -2.18. The predicted molar refractivity (Wildman–Crippen MR) is 126 cm³/mol. The molecule has 0 aliphatic heterocycles. The van der Waals surface area contributed by atoms with E-state index < -0.39 is 0 Å². The molecule has 7 heteroatoms. The molecule has 150 valence electrons. The summed E-state index contributed by atoms with van der Waals surface area (Å²) in [5, 5.41) is 6.63. The molecule has 0 radical (unpaired) electrons. The van der Waals surface area contributed by atoms with Crippen LogP contribution in [-0.4, -0.2) is 35.2 Å². The van der Waals surface area contributed by atoms with E-state index in [1.807, 2.05) is 63.4 Å². The average molecular weight is 493 g/mol. The summed E-state index contributed by atoms with van der Waals surface area (Å²) in [6, 6.07) is 16.2. The van der Waals surface area contributed by atoms with Gasteiger partial charge in [0.05, 0.1) is 24.1 Å². The molecule has 0 amide bonds. The molecular weight excluding hydrogens is 465 g/mol. The number of benzene rings is 2. The van der Waals surface area contributed by atoms with E-state index in [9.17, 15) is 0 Å². The summed E-state index contributed by atoms with van der Waals surface area (Å²) in [5.41, 5.74) is 3.26. The van der Waals surface area contributed by atoms with E-state index in [1.165, 1.54) is 0 Å². The first-order valence-electron chi connectivity index (χ1n) is 9.15. The van der Waals surface area contributed by atoms with Gasteiger partial charge in [-0.25, -0.2) is 4.98 Å². The molecule has 0 spiro atoms. The van der Waals surface area contributed by atoms with Gasteiger partial charge in [0.2, 0.25) is 0 Å². The maximum atomic E-state index is 6.00. The molecule has 0 saturated carbocycles. The Bertz CT molecular complexity index is 937. The minimum Gasteiger partial charge on any atom is -0.489 e. The zero-order valence-corrected chi connectivity index (χ0v) is 19.1. The number of hydrogen-bond acceptors (Lipinski definition) is 3. The van der Waals surface area contributed by atoms with E-state index in [-0.39, 0.29) is 30.1 Å². The number of halogens is 1. The number of hydrogen-bond donors (Lipinski definition) is 2. The van der Waals surface area contributed by atoms with Gasteiger partial charge in [-0.2, -0.15) is 0 Å². The second-order valence-corrected chi connectivity index (χ2v) is 6.58. The van der Waals surface area contributed by atoms with Gasteiger partial charge in [-0.1, -0.05) is 30.3 Å². The van der Waals surface area contributed by atoms with Gasteiger partial charge < -0.3 is 19.9 Å². The molecule has 1 aromatic heterocycles. The molecule has 0 saturated heterocycles. The lowest BCUT2D eigenvalue weighted by atomic mass is 10.2. The van der Waals surface area contributed by atoms with Crippen molar-refractivity contribution in [3.8, 4) is 5.75 Å². The number of aromatic nitrogens is 2. The number of imidazole rings is 1. The van der Waals surface area contributed by atoms with E-state index in [0.717, 1.165) is 34.1 Å². The zero-order valence-electron chi connectivity index (χ0n) is 16.8. The van der Waals surface area contributed by atoms with Crippen LogP contribution in [0.4, 0.5) is 0 Å². The first kappa shape index (κ1) is 22.0. The lowest BCUT2D eigenvalue weighted by molar-refractivity contribution is 0.222. The van der Waals surface area contributed by atoms with Crippen LogP contribution in [0.5, 0.6) is 5.75 Å². The Balaban J connectivity index is 0.00000280. The normalized spacial score (nSPS) is 12.4. The van der Waals surface area contributed by atoms with E-state index in [4.69, 9.17) is 4.74 Å². The van der Waals surface area contributed by atoms with Gasteiger partial charge in [0.25, 0.3) is 0 Å². The van der Waals surface area contributed by atoms with Crippen LogP contribution in [0.2, 0.25) is 0 Å². The molecule has 0 aliphatic carbocycles. The van der Waals surface area contributed by atoms with E-state index in [1.54, 1.807) is 7.05 Å². The average Bonchev–Trinajstić information content (AvgIpc) is 3.00. The van der Waals surface area contributed by atoms with E-state index in [2.05, 4.69) is 31.2 Å². The second kappa shape index (κ2) is 10.3. The minimum absolute atomic E-state index is 0. The zero-order chi connectivity index (χ0) is 19.2. The highest BCUT2D eigenvalue weighted by Gasteiger charge is 2.10. The number of rotatable bonds is 6. The number of guanidine groups is 1. The summed E-state index contributed by atoms with van der Waals surface area (Å²) in [5.74, 6) is 2.60. The maximum Gasteiger partial charge on any atom is 0.191 e. The van der Waals surface area contributed by atoms with Crippen LogP contribution >= 0.6 is 24.0 Å². The van der Waals surface area contributed by atoms with Crippen molar-refractivity contribution in [2.24, 2.45) is 12.0 Å². The molecular formula is C21H28IN5O. The van der Waals surface area contributed by atoms with Gasteiger partial charge in [0.1, 0.15) is 17.7 Å². The second-order valence-electron chi connectivity index (χ2n) is 6.58. The van der Waals surface area contributed by atoms with Crippen molar-refractivity contribution in [2.75, 3.05) is 13.6 Å². The molecule has 1 heterocycles. The Kier molecular flexibility index (Phi) is 8.10. The fraction of sp³-hybridized carbons (Fsp3) is 0.333. The third-order valence-electron chi connectivity index (χ3n) is 4.50. The Morgan fingerprint density at radius 3 is 2.57 bits per heavy atom. The number of para-hydroxylation sites is 3. The number of ether oxygens (including phenoxy) is 1. The largest absolute Gasteiger partial charge is 0.489 e. The SMILES string of the molecule is CN=C(NCc1nc2ccccc2n1C)NCC(C)Oc1ccccc1C.I. The molecule has 2 N–H and O–H groups in total. The summed E-state index contributed by atoms with van der Waals surface area (Å²) in [6.45, 7) is 5.33. The van der Waals surface area contributed by atoms with Gasteiger partial charge in [-0.3, -0.25) is 4.99 Å². The summed E-state index contributed by atoms with van der Waals surface area (Å²) < 4.78 is 8.10. The summed E-state index contributed by atoms with van der Waals surface area (Å²) >= 11 is 0. The monoisotopic (exact) mass is 493 g/mol. The van der Waals surface area contributed by atoms with Crippen LogP contribution < -0.4 is 15.4 Å². The fourth-order valence-corrected chi connectivity index (χ4v) is 2.92. The third-order valence-corrected chi connectivity index (χ3v) is 4.50. The molecule has 28 heavy (non-hydrogen) atoms. The van der Waals surface area contributed by atoms with E-state index in [0.29, 0.717) is 13.1 Å². The fourth-order valence-electron chi connectivity index (χ4n) is 2.92. The van der Waals surface area contributed by atoms with Crippen LogP contribution in [0.3, 0.4) is 0 Å². The summed E-state index contributed by atoms with van der Waals surface area (Å²) in [4.78, 5) is 8.96. The highest BCUT2D eigenvalue weighted by atomic mass is 127. The molecule has 1 unspecified atom stereocenters. The summed E-state index contributed by atoms with van der Waals surface area (Å²) in [6.07, 6.45) is 0.0143. The van der Waals surface area contributed by atoms with Crippen molar-refractivity contribution < 1.29 is 4.74 Å². The highest BCUT2D eigenvalue weighted by Crippen LogP contribution is 2.17. The number of aliphatic imine (C=N–C) groups is 1. The number of fused-ring (bicyclic) bond motifs is 1. The Morgan fingerprint density at radius 1 is 1.14 bits per heavy atom. The highest BCUT2D eigenvalue weighted by molar-refractivity contribution is 14.0. The topological polar surface area (TPSA) is 63.5 Å². The standard InChI is InChI=1S/C21H27N5O.HI/c1-15-9-5-8-12-19(15)27-16(2)13-23-21(22-3)24-14-20-25-17-10-6-7-11-18(17)26(20)4;/h5-12,16H,13-14H2,1-4H3,(H2,22,23,24);1H. The molecule has 1 atom stereocenters. The van der Waals surface area contributed by atoms with Crippen molar-refractivity contribution in [1.29, 1.82) is 0 Å². The summed E-state index contributed by atoms with van der Waals surface area (Å²) in [7, 11) is 3.79. The molecule has 6 nitrogen and oxygen atoms in total.